The molecule has 0 saturated heterocycles. The van der Waals surface area contributed by atoms with Crippen LogP contribution in [0.2, 0.25) is 0 Å². The van der Waals surface area contributed by atoms with Gasteiger partial charge in [-0.05, 0) is 35.4 Å². The number of hydrogen-bond donors (Lipinski definition) is 0. The van der Waals surface area contributed by atoms with Crippen LogP contribution >= 0.6 is 0 Å². The molecular formula is C26H14N6. The second-order valence-corrected chi connectivity index (χ2v) is 8.75. The number of nitrogens with zero attached hydrogens (tertiary/aromatic N) is 6. The number of benzene rings is 1. The average Bonchev–Trinajstić information content (AvgIpc) is 3.56. The van der Waals surface area contributed by atoms with E-state index in [4.69, 9.17) is 0 Å². The molecule has 6 heteroatoms. The summed E-state index contributed by atoms with van der Waals surface area (Å²) in [6, 6.07) is 4.48. The molecule has 0 radical (unpaired) electrons. The lowest BCUT2D eigenvalue weighted by molar-refractivity contribution is 0.867. The summed E-state index contributed by atoms with van der Waals surface area (Å²) in [4.78, 5) is 18.0. The Balaban J connectivity index is 1.76. The molecule has 32 heavy (non-hydrogen) atoms. The van der Waals surface area contributed by atoms with E-state index < -0.39 is 0 Å². The molecule has 4 aromatic heterocycles. The summed E-state index contributed by atoms with van der Waals surface area (Å²) in [5, 5.41) is 7.73. The average molecular weight is 410 g/mol. The highest BCUT2D eigenvalue weighted by Crippen LogP contribution is 2.45. The van der Waals surface area contributed by atoms with Crippen molar-refractivity contribution in [2.75, 3.05) is 0 Å². The minimum atomic E-state index is 0.0872. The smallest absolute Gasteiger partial charge is 0.0954 e. The largest absolute Gasteiger partial charge is 0.326 e. The van der Waals surface area contributed by atoms with Crippen molar-refractivity contribution >= 4 is 67.2 Å². The standard InChI is InChI=1S/C26H14N6/c1-5-27-9-17-13(1)21-22-14-2-6-29-11-19(14)32-20-12-30-8-4-16(20)24(26(22)32)23-15-3-7-28-10-18(15)31(17)25(21)23/h1-12,17,19H. The molecule has 0 fully saturated rings. The number of aromatic nitrogens is 4. The molecule has 0 saturated carbocycles. The SMILES string of the molecule is C1=CC2=c3c4c5c(c6ccncc6n5C5C=NC=CC=45)c4c5ccncc5n(c34)C2C=N1. The van der Waals surface area contributed by atoms with Gasteiger partial charge in [0.2, 0.25) is 0 Å². The van der Waals surface area contributed by atoms with Crippen LogP contribution in [0.1, 0.15) is 12.1 Å². The molecule has 2 unspecified atom stereocenters. The molecule has 4 aliphatic heterocycles. The van der Waals surface area contributed by atoms with Crippen molar-refractivity contribution in [1.82, 2.24) is 19.1 Å². The fourth-order valence-electron chi connectivity index (χ4n) is 6.43. The van der Waals surface area contributed by atoms with Crippen LogP contribution in [0.15, 0.2) is 71.5 Å². The summed E-state index contributed by atoms with van der Waals surface area (Å²) < 4.78 is 4.87. The Bertz CT molecular complexity index is 1850. The fraction of sp³-hybridized carbons (Fsp3) is 0.0769. The van der Waals surface area contributed by atoms with Gasteiger partial charge in [0.15, 0.2) is 0 Å². The molecule has 8 heterocycles. The van der Waals surface area contributed by atoms with Crippen LogP contribution in [0.5, 0.6) is 0 Å². The summed E-state index contributed by atoms with van der Waals surface area (Å²) in [6.07, 6.45) is 20.1. The van der Waals surface area contributed by atoms with Crippen molar-refractivity contribution in [2.45, 2.75) is 12.1 Å². The van der Waals surface area contributed by atoms with Crippen LogP contribution < -0.4 is 10.4 Å². The number of hydrogen-bond acceptors (Lipinski definition) is 4. The van der Waals surface area contributed by atoms with Crippen molar-refractivity contribution in [3.63, 3.8) is 0 Å². The molecule has 2 atom stereocenters. The van der Waals surface area contributed by atoms with Gasteiger partial charge >= 0.3 is 0 Å². The molecule has 0 bridgehead atoms. The first kappa shape index (κ1) is 15.5. The highest BCUT2D eigenvalue weighted by molar-refractivity contribution is 6.30. The first-order valence-electron chi connectivity index (χ1n) is 10.8. The van der Waals surface area contributed by atoms with Gasteiger partial charge in [-0.2, -0.15) is 0 Å². The molecule has 0 aliphatic carbocycles. The fourth-order valence-corrected chi connectivity index (χ4v) is 6.43. The van der Waals surface area contributed by atoms with Crippen LogP contribution in [-0.2, 0) is 0 Å². The van der Waals surface area contributed by atoms with Crippen LogP contribution in [0, 0.1) is 0 Å². The second-order valence-electron chi connectivity index (χ2n) is 8.75. The number of allylic oxidation sites excluding steroid dienone is 2. The Morgan fingerprint density at radius 1 is 0.656 bits per heavy atom. The van der Waals surface area contributed by atoms with E-state index in [9.17, 15) is 0 Å². The summed E-state index contributed by atoms with van der Waals surface area (Å²) in [7, 11) is 0. The van der Waals surface area contributed by atoms with Crippen LogP contribution in [0.3, 0.4) is 0 Å². The van der Waals surface area contributed by atoms with Crippen LogP contribution in [-0.4, -0.2) is 31.5 Å². The molecular weight excluding hydrogens is 396 g/mol. The molecule has 9 rings (SSSR count). The molecule has 4 aliphatic rings. The zero-order chi connectivity index (χ0) is 20.6. The lowest BCUT2D eigenvalue weighted by atomic mass is 9.96. The molecule has 6 nitrogen and oxygen atoms in total. The molecule has 0 spiro atoms. The zero-order valence-corrected chi connectivity index (χ0v) is 16.8. The van der Waals surface area contributed by atoms with Crippen molar-refractivity contribution in [1.29, 1.82) is 0 Å². The Morgan fingerprint density at radius 2 is 1.16 bits per heavy atom. The van der Waals surface area contributed by atoms with Gasteiger partial charge in [-0.15, -0.1) is 0 Å². The van der Waals surface area contributed by atoms with Crippen molar-refractivity contribution in [3.05, 3.63) is 71.9 Å². The molecule has 0 N–H and O–H groups in total. The van der Waals surface area contributed by atoms with E-state index in [1.165, 1.54) is 54.2 Å². The molecule has 1 aromatic carbocycles. The quantitative estimate of drug-likeness (QED) is 0.393. The van der Waals surface area contributed by atoms with Gasteiger partial charge in [0, 0.05) is 69.2 Å². The Morgan fingerprint density at radius 3 is 1.66 bits per heavy atom. The van der Waals surface area contributed by atoms with Crippen LogP contribution in [0.4, 0.5) is 0 Å². The molecule has 5 aromatic rings. The lowest BCUT2D eigenvalue weighted by Gasteiger charge is -2.15. The van der Waals surface area contributed by atoms with Gasteiger partial charge in [0.25, 0.3) is 0 Å². The van der Waals surface area contributed by atoms with E-state index in [1.807, 2.05) is 37.2 Å². The third kappa shape index (κ3) is 1.46. The van der Waals surface area contributed by atoms with Gasteiger partial charge < -0.3 is 9.13 Å². The third-order valence-corrected chi connectivity index (χ3v) is 7.49. The number of pyridine rings is 2. The maximum atomic E-state index is 4.51. The minimum Gasteiger partial charge on any atom is -0.326 e. The van der Waals surface area contributed by atoms with Gasteiger partial charge in [-0.3, -0.25) is 20.0 Å². The zero-order valence-electron chi connectivity index (χ0n) is 16.8. The first-order chi connectivity index (χ1) is 15.9. The number of rotatable bonds is 0. The second kappa shape index (κ2) is 4.94. The van der Waals surface area contributed by atoms with E-state index >= 15 is 0 Å². The van der Waals surface area contributed by atoms with Gasteiger partial charge in [-0.25, -0.2) is 0 Å². The Kier molecular flexibility index (Phi) is 2.39. The molecule has 148 valence electrons. The molecule has 0 amide bonds. The number of fused-ring (bicyclic) bond motifs is 12. The van der Waals surface area contributed by atoms with Gasteiger partial charge in [0.05, 0.1) is 46.5 Å². The predicted octanol–water partition coefficient (Wildman–Crippen LogP) is 3.30. The highest BCUT2D eigenvalue weighted by atomic mass is 15.1. The van der Waals surface area contributed by atoms with Gasteiger partial charge in [-0.1, -0.05) is 0 Å². The van der Waals surface area contributed by atoms with E-state index in [0.29, 0.717) is 0 Å². The van der Waals surface area contributed by atoms with Crippen molar-refractivity contribution < 1.29 is 0 Å². The Hall–Kier alpha value is -4.32. The van der Waals surface area contributed by atoms with Crippen LogP contribution in [0.25, 0.3) is 54.8 Å². The summed E-state index contributed by atoms with van der Waals surface area (Å²) >= 11 is 0. The predicted molar refractivity (Wildman–Crippen MR) is 127 cm³/mol. The van der Waals surface area contributed by atoms with E-state index in [1.54, 1.807) is 0 Å². The Labute approximate surface area is 180 Å². The maximum Gasteiger partial charge on any atom is 0.0954 e. The highest BCUT2D eigenvalue weighted by Gasteiger charge is 2.36. The van der Waals surface area contributed by atoms with Gasteiger partial charge in [0.1, 0.15) is 0 Å². The summed E-state index contributed by atoms with van der Waals surface area (Å²) in [5.41, 5.74) is 7.49. The van der Waals surface area contributed by atoms with E-state index in [0.717, 1.165) is 11.0 Å². The lowest BCUT2D eigenvalue weighted by Crippen LogP contribution is -2.28. The van der Waals surface area contributed by atoms with Crippen molar-refractivity contribution in [3.8, 4) is 0 Å². The number of aliphatic imine (C=N–C) groups is 2. The third-order valence-electron chi connectivity index (χ3n) is 7.49. The normalized spacial score (nSPS) is 21.8. The monoisotopic (exact) mass is 410 g/mol. The van der Waals surface area contributed by atoms with E-state index in [2.05, 4.69) is 65.8 Å². The summed E-state index contributed by atoms with van der Waals surface area (Å²) in [6.45, 7) is 0. The summed E-state index contributed by atoms with van der Waals surface area (Å²) in [5.74, 6) is 0. The van der Waals surface area contributed by atoms with Crippen molar-refractivity contribution in [2.24, 2.45) is 9.98 Å². The van der Waals surface area contributed by atoms with E-state index in [-0.39, 0.29) is 12.1 Å². The topological polar surface area (TPSA) is 60.4 Å². The minimum absolute atomic E-state index is 0.0872. The maximum absolute atomic E-state index is 4.51. The first-order valence-corrected chi connectivity index (χ1v) is 10.8.